The Kier molecular flexibility index (Phi) is 3.38. The van der Waals surface area contributed by atoms with Crippen LogP contribution in [0.2, 0.25) is 0 Å². The van der Waals surface area contributed by atoms with Gasteiger partial charge in [0.2, 0.25) is 0 Å². The first kappa shape index (κ1) is 12.4. The Morgan fingerprint density at radius 2 is 2.32 bits per heavy atom. The summed E-state index contributed by atoms with van der Waals surface area (Å²) in [6, 6.07) is 3.69. The Labute approximate surface area is 119 Å². The van der Waals surface area contributed by atoms with Gasteiger partial charge in [-0.05, 0) is 52.4 Å². The molecule has 1 aliphatic carbocycles. The van der Waals surface area contributed by atoms with Crippen molar-refractivity contribution >= 4 is 21.8 Å². The summed E-state index contributed by atoms with van der Waals surface area (Å²) in [7, 11) is 0. The number of nitrogens with one attached hydrogen (secondary N) is 1. The van der Waals surface area contributed by atoms with Crippen molar-refractivity contribution in [2.45, 2.75) is 18.9 Å². The lowest BCUT2D eigenvalue weighted by atomic mass is 10.0. The largest absolute Gasteiger partial charge is 0.472 e. The van der Waals surface area contributed by atoms with E-state index < -0.39 is 0 Å². The van der Waals surface area contributed by atoms with Crippen molar-refractivity contribution in [3.63, 3.8) is 0 Å². The molecule has 2 heterocycles. The van der Waals surface area contributed by atoms with Gasteiger partial charge in [-0.15, -0.1) is 0 Å². The SMILES string of the molecule is O=C(N[C@@H](c1cncc(Br)c1)C1CC1)c1ccoc1. The summed E-state index contributed by atoms with van der Waals surface area (Å²) in [5.41, 5.74) is 1.59. The average Bonchev–Trinajstić information content (AvgIpc) is 3.09. The van der Waals surface area contributed by atoms with E-state index in [0.29, 0.717) is 11.5 Å². The van der Waals surface area contributed by atoms with Gasteiger partial charge in [0.15, 0.2) is 0 Å². The van der Waals surface area contributed by atoms with E-state index in [9.17, 15) is 4.79 Å². The summed E-state index contributed by atoms with van der Waals surface area (Å²) in [5.74, 6) is 0.401. The van der Waals surface area contributed by atoms with Crippen LogP contribution < -0.4 is 5.32 Å². The minimum Gasteiger partial charge on any atom is -0.472 e. The van der Waals surface area contributed by atoms with E-state index in [1.54, 1.807) is 12.3 Å². The smallest absolute Gasteiger partial charge is 0.255 e. The lowest BCUT2D eigenvalue weighted by molar-refractivity contribution is 0.0931. The highest BCUT2D eigenvalue weighted by molar-refractivity contribution is 9.10. The van der Waals surface area contributed by atoms with Gasteiger partial charge < -0.3 is 9.73 Å². The highest BCUT2D eigenvalue weighted by Crippen LogP contribution is 2.41. The summed E-state index contributed by atoms with van der Waals surface area (Å²) in [5, 5.41) is 3.07. The van der Waals surface area contributed by atoms with Crippen molar-refractivity contribution in [2.75, 3.05) is 0 Å². The second-order valence-electron chi connectivity index (χ2n) is 4.74. The zero-order valence-corrected chi connectivity index (χ0v) is 11.8. The van der Waals surface area contributed by atoms with Gasteiger partial charge in [0.05, 0.1) is 17.9 Å². The van der Waals surface area contributed by atoms with Gasteiger partial charge in [-0.1, -0.05) is 0 Å². The second-order valence-corrected chi connectivity index (χ2v) is 5.65. The first-order chi connectivity index (χ1) is 9.24. The first-order valence-corrected chi connectivity index (χ1v) is 6.97. The van der Waals surface area contributed by atoms with Crippen molar-refractivity contribution in [1.82, 2.24) is 10.3 Å². The maximum Gasteiger partial charge on any atom is 0.255 e. The maximum atomic E-state index is 12.1. The monoisotopic (exact) mass is 320 g/mol. The molecule has 0 saturated heterocycles. The molecule has 1 saturated carbocycles. The second kappa shape index (κ2) is 5.17. The van der Waals surface area contributed by atoms with Gasteiger partial charge in [-0.2, -0.15) is 0 Å². The predicted octanol–water partition coefficient (Wildman–Crippen LogP) is 3.32. The van der Waals surface area contributed by atoms with E-state index in [1.807, 2.05) is 12.3 Å². The van der Waals surface area contributed by atoms with Gasteiger partial charge in [-0.3, -0.25) is 9.78 Å². The van der Waals surface area contributed by atoms with Crippen LogP contribution in [0.15, 0.2) is 45.9 Å². The number of nitrogens with zero attached hydrogens (tertiary/aromatic N) is 1. The molecule has 1 atom stereocenters. The lowest BCUT2D eigenvalue weighted by Crippen LogP contribution is -2.29. The molecule has 2 aromatic rings. The van der Waals surface area contributed by atoms with Gasteiger partial charge in [-0.25, -0.2) is 0 Å². The highest BCUT2D eigenvalue weighted by atomic mass is 79.9. The predicted molar refractivity (Wildman–Crippen MR) is 73.6 cm³/mol. The molecule has 3 rings (SSSR count). The third kappa shape index (κ3) is 2.87. The Hall–Kier alpha value is -1.62. The molecule has 2 aromatic heterocycles. The molecule has 5 heteroatoms. The number of hydrogen-bond acceptors (Lipinski definition) is 3. The van der Waals surface area contributed by atoms with E-state index in [-0.39, 0.29) is 11.9 Å². The molecule has 4 nitrogen and oxygen atoms in total. The van der Waals surface area contributed by atoms with E-state index in [1.165, 1.54) is 12.5 Å². The summed E-state index contributed by atoms with van der Waals surface area (Å²) in [6.07, 6.45) is 8.79. The van der Waals surface area contributed by atoms with Crippen LogP contribution in [0.25, 0.3) is 0 Å². The van der Waals surface area contributed by atoms with Crippen LogP contribution in [-0.4, -0.2) is 10.9 Å². The average molecular weight is 321 g/mol. The summed E-state index contributed by atoms with van der Waals surface area (Å²) in [4.78, 5) is 16.3. The molecule has 0 aliphatic heterocycles. The van der Waals surface area contributed by atoms with Crippen molar-refractivity contribution in [3.8, 4) is 0 Å². The third-order valence-corrected chi connectivity index (χ3v) is 3.68. The van der Waals surface area contributed by atoms with E-state index in [4.69, 9.17) is 4.42 Å². The van der Waals surface area contributed by atoms with E-state index in [0.717, 1.165) is 22.9 Å². The summed E-state index contributed by atoms with van der Waals surface area (Å²) >= 11 is 3.41. The summed E-state index contributed by atoms with van der Waals surface area (Å²) < 4.78 is 5.86. The normalized spacial score (nSPS) is 16.1. The number of amides is 1. The van der Waals surface area contributed by atoms with Crippen LogP contribution in [0.4, 0.5) is 0 Å². The van der Waals surface area contributed by atoms with Crippen molar-refractivity contribution in [2.24, 2.45) is 5.92 Å². The fourth-order valence-electron chi connectivity index (χ4n) is 2.12. The maximum absolute atomic E-state index is 12.1. The standard InChI is InChI=1S/C14H13BrN2O2/c15-12-5-11(6-16-7-12)13(9-1-2-9)17-14(18)10-3-4-19-8-10/h3-9,13H,1-2H2,(H,17,18)/t13-/m1/s1. The third-order valence-electron chi connectivity index (χ3n) is 3.25. The lowest BCUT2D eigenvalue weighted by Gasteiger charge is -2.18. The molecule has 1 N–H and O–H groups in total. The Bertz CT molecular complexity index is 579. The molecule has 0 aromatic carbocycles. The Morgan fingerprint density at radius 1 is 1.47 bits per heavy atom. The molecular formula is C14H13BrN2O2. The van der Waals surface area contributed by atoms with E-state index in [2.05, 4.69) is 26.2 Å². The molecule has 1 aliphatic rings. The molecule has 0 bridgehead atoms. The van der Waals surface area contributed by atoms with Crippen LogP contribution in [0.1, 0.15) is 34.8 Å². The molecule has 0 spiro atoms. The van der Waals surface area contributed by atoms with Crippen molar-refractivity contribution < 1.29 is 9.21 Å². The molecule has 98 valence electrons. The number of carbonyl (C=O) groups excluding carboxylic acids is 1. The van der Waals surface area contributed by atoms with Crippen LogP contribution in [0.5, 0.6) is 0 Å². The quantitative estimate of drug-likeness (QED) is 0.940. The molecule has 0 radical (unpaired) electrons. The molecule has 19 heavy (non-hydrogen) atoms. The molecule has 1 amide bonds. The van der Waals surface area contributed by atoms with Gasteiger partial charge in [0, 0.05) is 16.9 Å². The number of pyridine rings is 1. The number of carbonyl (C=O) groups is 1. The minimum absolute atomic E-state index is 0.0207. The number of hydrogen-bond donors (Lipinski definition) is 1. The van der Waals surface area contributed by atoms with E-state index >= 15 is 0 Å². The fraction of sp³-hybridized carbons (Fsp3) is 0.286. The van der Waals surface area contributed by atoms with Crippen LogP contribution >= 0.6 is 15.9 Å². The minimum atomic E-state index is -0.106. The zero-order valence-electron chi connectivity index (χ0n) is 10.2. The fourth-order valence-corrected chi connectivity index (χ4v) is 2.50. The highest BCUT2D eigenvalue weighted by Gasteiger charge is 2.34. The van der Waals surface area contributed by atoms with Crippen molar-refractivity contribution in [3.05, 3.63) is 52.7 Å². The van der Waals surface area contributed by atoms with Gasteiger partial charge >= 0.3 is 0 Å². The van der Waals surface area contributed by atoms with Crippen LogP contribution in [0, 0.1) is 5.92 Å². The topological polar surface area (TPSA) is 55.1 Å². The van der Waals surface area contributed by atoms with Crippen molar-refractivity contribution in [1.29, 1.82) is 0 Å². The summed E-state index contributed by atoms with van der Waals surface area (Å²) in [6.45, 7) is 0. The Morgan fingerprint density at radius 3 is 2.95 bits per heavy atom. The van der Waals surface area contributed by atoms with Crippen LogP contribution in [0.3, 0.4) is 0 Å². The first-order valence-electron chi connectivity index (χ1n) is 6.17. The Balaban J connectivity index is 1.80. The number of furan rings is 1. The molecular weight excluding hydrogens is 308 g/mol. The van der Waals surface area contributed by atoms with Crippen LogP contribution in [-0.2, 0) is 0 Å². The zero-order chi connectivity index (χ0) is 13.2. The van der Waals surface area contributed by atoms with Gasteiger partial charge in [0.25, 0.3) is 5.91 Å². The number of rotatable bonds is 4. The molecule has 0 unspecified atom stereocenters. The molecule has 1 fully saturated rings. The van der Waals surface area contributed by atoms with Gasteiger partial charge in [0.1, 0.15) is 6.26 Å². The number of aromatic nitrogens is 1. The number of halogens is 1.